The van der Waals surface area contributed by atoms with Crippen molar-refractivity contribution in [3.8, 4) is 0 Å². The number of likely N-dealkylation sites (tertiary alicyclic amines) is 1. The van der Waals surface area contributed by atoms with Gasteiger partial charge in [0.1, 0.15) is 11.5 Å². The molecular formula is C22H23FN4O2. The first kappa shape index (κ1) is 19.1. The van der Waals surface area contributed by atoms with Gasteiger partial charge in [-0.25, -0.2) is 4.39 Å². The van der Waals surface area contributed by atoms with Crippen LogP contribution in [0.2, 0.25) is 0 Å². The number of aromatic nitrogens is 1. The molecule has 3 aromatic rings. The van der Waals surface area contributed by atoms with Gasteiger partial charge in [0.2, 0.25) is 5.91 Å². The first-order valence-corrected chi connectivity index (χ1v) is 9.73. The average molecular weight is 394 g/mol. The van der Waals surface area contributed by atoms with Crippen LogP contribution in [0.1, 0.15) is 23.3 Å². The highest BCUT2D eigenvalue weighted by molar-refractivity contribution is 5.98. The van der Waals surface area contributed by atoms with E-state index in [1.807, 2.05) is 30.3 Å². The molecule has 6 nitrogen and oxygen atoms in total. The fourth-order valence-corrected chi connectivity index (χ4v) is 3.65. The summed E-state index contributed by atoms with van der Waals surface area (Å²) >= 11 is 0. The normalized spacial score (nSPS) is 15.3. The summed E-state index contributed by atoms with van der Waals surface area (Å²) in [5, 5.41) is 6.60. The van der Waals surface area contributed by atoms with E-state index in [-0.39, 0.29) is 23.7 Å². The summed E-state index contributed by atoms with van der Waals surface area (Å²) in [6, 6.07) is 15.5. The van der Waals surface area contributed by atoms with E-state index in [9.17, 15) is 14.0 Å². The van der Waals surface area contributed by atoms with Gasteiger partial charge >= 0.3 is 0 Å². The van der Waals surface area contributed by atoms with E-state index < -0.39 is 0 Å². The van der Waals surface area contributed by atoms with Crippen molar-refractivity contribution in [1.82, 2.24) is 15.2 Å². The number of nitrogens with zero attached hydrogens (tertiary/aromatic N) is 1. The van der Waals surface area contributed by atoms with Crippen LogP contribution in [-0.2, 0) is 4.79 Å². The molecule has 0 radical (unpaired) electrons. The summed E-state index contributed by atoms with van der Waals surface area (Å²) in [6.45, 7) is 1.82. The summed E-state index contributed by atoms with van der Waals surface area (Å²) in [5.41, 5.74) is 1.95. The number of H-pyrrole nitrogens is 1. The summed E-state index contributed by atoms with van der Waals surface area (Å²) < 4.78 is 13.3. The van der Waals surface area contributed by atoms with Crippen molar-refractivity contribution >= 4 is 28.4 Å². The lowest BCUT2D eigenvalue weighted by molar-refractivity contribution is -0.117. The van der Waals surface area contributed by atoms with Crippen LogP contribution in [0.3, 0.4) is 0 Å². The largest absolute Gasteiger partial charge is 0.351 e. The van der Waals surface area contributed by atoms with Crippen LogP contribution in [0.25, 0.3) is 10.9 Å². The topological polar surface area (TPSA) is 77.2 Å². The Morgan fingerprint density at radius 2 is 1.83 bits per heavy atom. The van der Waals surface area contributed by atoms with Crippen LogP contribution in [0, 0.1) is 5.82 Å². The Hall–Kier alpha value is -3.19. The molecule has 29 heavy (non-hydrogen) atoms. The maximum atomic E-state index is 13.3. The van der Waals surface area contributed by atoms with E-state index in [0.29, 0.717) is 17.6 Å². The van der Waals surface area contributed by atoms with Crippen molar-refractivity contribution in [3.63, 3.8) is 0 Å². The number of hydrogen-bond donors (Lipinski definition) is 3. The number of rotatable bonds is 5. The molecule has 0 atom stereocenters. The maximum absolute atomic E-state index is 13.3. The molecule has 1 aliphatic rings. The standard InChI is InChI=1S/C22H23FN4O2/c23-16-6-7-19-15(12-16)13-20(26-19)22(29)25-18-8-10-27(11-9-18)14-21(28)24-17-4-2-1-3-5-17/h1-7,12-13,18,26H,8-11,14H2,(H,24,28)(H,25,29). The predicted molar refractivity (Wildman–Crippen MR) is 110 cm³/mol. The molecule has 0 unspecified atom stereocenters. The third kappa shape index (κ3) is 4.81. The quantitative estimate of drug-likeness (QED) is 0.622. The second kappa shape index (κ2) is 8.45. The Bertz CT molecular complexity index is 1010. The zero-order chi connectivity index (χ0) is 20.2. The van der Waals surface area contributed by atoms with E-state index in [4.69, 9.17) is 0 Å². The number of nitrogens with one attached hydrogen (secondary N) is 3. The third-order valence-corrected chi connectivity index (χ3v) is 5.17. The Balaban J connectivity index is 1.26. The van der Waals surface area contributed by atoms with Crippen LogP contribution < -0.4 is 10.6 Å². The molecule has 2 amide bonds. The molecule has 0 saturated carbocycles. The van der Waals surface area contributed by atoms with Gasteiger partial charge in [0, 0.05) is 35.7 Å². The zero-order valence-corrected chi connectivity index (χ0v) is 16.0. The maximum Gasteiger partial charge on any atom is 0.267 e. The number of carbonyl (C=O) groups excluding carboxylic acids is 2. The molecule has 2 aromatic carbocycles. The van der Waals surface area contributed by atoms with E-state index in [2.05, 4.69) is 20.5 Å². The predicted octanol–water partition coefficient (Wildman–Crippen LogP) is 3.14. The highest BCUT2D eigenvalue weighted by Crippen LogP contribution is 2.18. The van der Waals surface area contributed by atoms with Gasteiger partial charge in [-0.15, -0.1) is 0 Å². The molecule has 150 valence electrons. The summed E-state index contributed by atoms with van der Waals surface area (Å²) in [4.78, 5) is 29.8. The van der Waals surface area contributed by atoms with Gasteiger partial charge in [0.25, 0.3) is 5.91 Å². The molecule has 3 N–H and O–H groups in total. The second-order valence-electron chi connectivity index (χ2n) is 7.35. The summed E-state index contributed by atoms with van der Waals surface area (Å²) in [5.74, 6) is -0.557. The number of hydrogen-bond acceptors (Lipinski definition) is 3. The Kier molecular flexibility index (Phi) is 5.57. The van der Waals surface area contributed by atoms with Gasteiger partial charge in [-0.2, -0.15) is 0 Å². The number of aromatic amines is 1. The van der Waals surface area contributed by atoms with Crippen molar-refractivity contribution in [1.29, 1.82) is 0 Å². The molecule has 7 heteroatoms. The fraction of sp³-hybridized carbons (Fsp3) is 0.273. The second-order valence-corrected chi connectivity index (χ2v) is 7.35. The van der Waals surface area contributed by atoms with Crippen LogP contribution in [0.5, 0.6) is 0 Å². The fourth-order valence-electron chi connectivity index (χ4n) is 3.65. The molecule has 2 heterocycles. The third-order valence-electron chi connectivity index (χ3n) is 5.17. The summed E-state index contributed by atoms with van der Waals surface area (Å²) in [6.07, 6.45) is 1.55. The number of piperidine rings is 1. The number of anilines is 1. The number of benzene rings is 2. The van der Waals surface area contributed by atoms with Crippen molar-refractivity contribution in [3.05, 3.63) is 66.1 Å². The molecule has 0 aliphatic carbocycles. The monoisotopic (exact) mass is 394 g/mol. The van der Waals surface area contributed by atoms with Crippen molar-refractivity contribution in [2.45, 2.75) is 18.9 Å². The Morgan fingerprint density at radius 1 is 1.07 bits per heavy atom. The minimum Gasteiger partial charge on any atom is -0.351 e. The number of halogens is 1. The number of amides is 2. The Morgan fingerprint density at radius 3 is 2.59 bits per heavy atom. The van der Waals surface area contributed by atoms with Crippen LogP contribution in [0.4, 0.5) is 10.1 Å². The number of para-hydroxylation sites is 1. The van der Waals surface area contributed by atoms with E-state index >= 15 is 0 Å². The van der Waals surface area contributed by atoms with Gasteiger partial charge in [0.05, 0.1) is 6.54 Å². The van der Waals surface area contributed by atoms with Gasteiger partial charge in [-0.3, -0.25) is 14.5 Å². The SMILES string of the molecule is O=C(CN1CCC(NC(=O)c2cc3cc(F)ccc3[nH]2)CC1)Nc1ccccc1. The number of carbonyl (C=O) groups is 2. The minimum absolute atomic E-state index is 0.0380. The van der Waals surface area contributed by atoms with Gasteiger partial charge in [0.15, 0.2) is 0 Å². The molecule has 1 aromatic heterocycles. The first-order chi connectivity index (χ1) is 14.1. The van der Waals surface area contributed by atoms with Crippen LogP contribution in [0.15, 0.2) is 54.6 Å². The summed E-state index contributed by atoms with van der Waals surface area (Å²) in [7, 11) is 0. The van der Waals surface area contributed by atoms with Crippen molar-refractivity contribution in [2.75, 3.05) is 25.0 Å². The van der Waals surface area contributed by atoms with Crippen LogP contribution in [-0.4, -0.2) is 47.4 Å². The van der Waals surface area contributed by atoms with Crippen molar-refractivity contribution in [2.24, 2.45) is 0 Å². The van der Waals surface area contributed by atoms with E-state index in [1.54, 1.807) is 12.1 Å². The van der Waals surface area contributed by atoms with Gasteiger partial charge in [-0.05, 0) is 49.2 Å². The van der Waals surface area contributed by atoms with Gasteiger partial charge < -0.3 is 15.6 Å². The van der Waals surface area contributed by atoms with Crippen LogP contribution >= 0.6 is 0 Å². The minimum atomic E-state index is -0.327. The van der Waals surface area contributed by atoms with Gasteiger partial charge in [-0.1, -0.05) is 18.2 Å². The molecule has 0 spiro atoms. The average Bonchev–Trinajstić information content (AvgIpc) is 3.13. The molecule has 1 saturated heterocycles. The highest BCUT2D eigenvalue weighted by Gasteiger charge is 2.23. The van der Waals surface area contributed by atoms with E-state index in [0.717, 1.165) is 37.1 Å². The lowest BCUT2D eigenvalue weighted by Crippen LogP contribution is -2.46. The van der Waals surface area contributed by atoms with Crippen molar-refractivity contribution < 1.29 is 14.0 Å². The molecular weight excluding hydrogens is 371 g/mol. The molecule has 4 rings (SSSR count). The molecule has 0 bridgehead atoms. The lowest BCUT2D eigenvalue weighted by Gasteiger charge is -2.31. The van der Waals surface area contributed by atoms with E-state index in [1.165, 1.54) is 12.1 Å². The highest BCUT2D eigenvalue weighted by atomic mass is 19.1. The first-order valence-electron chi connectivity index (χ1n) is 9.73. The smallest absolute Gasteiger partial charge is 0.267 e. The molecule has 1 fully saturated rings. The molecule has 1 aliphatic heterocycles. The lowest BCUT2D eigenvalue weighted by atomic mass is 10.0. The number of fused-ring (bicyclic) bond motifs is 1. The zero-order valence-electron chi connectivity index (χ0n) is 16.0. The Labute approximate surface area is 168 Å².